The highest BCUT2D eigenvalue weighted by Crippen LogP contribution is 2.25. The molecule has 3 rings (SSSR count). The van der Waals surface area contributed by atoms with Crippen LogP contribution < -0.4 is 10.6 Å². The van der Waals surface area contributed by atoms with E-state index in [1.165, 1.54) is 18.3 Å². The Balaban J connectivity index is 1.90. The number of nitrogens with one attached hydrogen (secondary N) is 2. The fourth-order valence-corrected chi connectivity index (χ4v) is 2.15. The summed E-state index contributed by atoms with van der Waals surface area (Å²) in [4.78, 5) is 19.4. The quantitative estimate of drug-likeness (QED) is 0.767. The molecule has 2 heterocycles. The van der Waals surface area contributed by atoms with Crippen molar-refractivity contribution >= 4 is 45.2 Å². The summed E-state index contributed by atoms with van der Waals surface area (Å²) in [6.07, 6.45) is 1.70. The van der Waals surface area contributed by atoms with Crippen LogP contribution >= 0.6 is 11.3 Å². The number of fused-ring (bicyclic) bond motifs is 1. The summed E-state index contributed by atoms with van der Waals surface area (Å²) in [5, 5.41) is 8.25. The number of thiazole rings is 1. The topological polar surface area (TPSA) is 80.0 Å². The third kappa shape index (κ3) is 2.55. The van der Waals surface area contributed by atoms with E-state index in [4.69, 9.17) is 4.42 Å². The molecule has 0 aliphatic heterocycles. The average molecular weight is 274 g/mol. The van der Waals surface area contributed by atoms with Crippen molar-refractivity contribution in [2.75, 3.05) is 10.6 Å². The molecule has 19 heavy (non-hydrogen) atoms. The van der Waals surface area contributed by atoms with Gasteiger partial charge >= 0.3 is 6.01 Å². The first-order chi connectivity index (χ1) is 9.20. The number of anilines is 3. The largest absolute Gasteiger partial charge is 0.423 e. The van der Waals surface area contributed by atoms with Gasteiger partial charge < -0.3 is 9.73 Å². The van der Waals surface area contributed by atoms with Crippen molar-refractivity contribution in [1.82, 2.24) is 9.97 Å². The van der Waals surface area contributed by atoms with Crippen molar-refractivity contribution in [3.8, 4) is 0 Å². The van der Waals surface area contributed by atoms with Crippen LogP contribution in [0.15, 0.2) is 34.2 Å². The van der Waals surface area contributed by atoms with Gasteiger partial charge in [-0.3, -0.25) is 10.1 Å². The Morgan fingerprint density at radius 1 is 1.42 bits per heavy atom. The van der Waals surface area contributed by atoms with Gasteiger partial charge in [0.15, 0.2) is 10.7 Å². The van der Waals surface area contributed by atoms with E-state index in [1.54, 1.807) is 24.4 Å². The summed E-state index contributed by atoms with van der Waals surface area (Å²) < 4.78 is 5.56. The molecule has 6 nitrogen and oxygen atoms in total. The number of carbonyl (C=O) groups excluding carboxylic acids is 1. The van der Waals surface area contributed by atoms with E-state index < -0.39 is 0 Å². The Hall–Kier alpha value is -2.41. The molecule has 0 bridgehead atoms. The molecular formula is C12H10N4O2S. The fourth-order valence-electron chi connectivity index (χ4n) is 1.64. The number of oxazole rings is 1. The predicted molar refractivity (Wildman–Crippen MR) is 73.7 cm³/mol. The summed E-state index contributed by atoms with van der Waals surface area (Å²) >= 11 is 1.46. The molecule has 0 saturated heterocycles. The molecule has 0 radical (unpaired) electrons. The van der Waals surface area contributed by atoms with Gasteiger partial charge in [-0.15, -0.1) is 11.3 Å². The number of rotatable bonds is 3. The minimum atomic E-state index is -0.125. The number of amides is 1. The molecule has 0 unspecified atom stereocenters. The Bertz CT molecular complexity index is 720. The van der Waals surface area contributed by atoms with Crippen LogP contribution in [0, 0.1) is 0 Å². The molecule has 1 amide bonds. The van der Waals surface area contributed by atoms with Crippen LogP contribution in [0.5, 0.6) is 0 Å². The molecule has 0 aliphatic carbocycles. The first-order valence-corrected chi connectivity index (χ1v) is 6.43. The lowest BCUT2D eigenvalue weighted by Gasteiger charge is -1.99. The highest BCUT2D eigenvalue weighted by Gasteiger charge is 2.08. The van der Waals surface area contributed by atoms with Gasteiger partial charge in [0.2, 0.25) is 5.91 Å². The number of hydrogen-bond acceptors (Lipinski definition) is 6. The first-order valence-electron chi connectivity index (χ1n) is 5.55. The summed E-state index contributed by atoms with van der Waals surface area (Å²) in [5.41, 5.74) is 2.00. The molecule has 7 heteroatoms. The van der Waals surface area contributed by atoms with Gasteiger partial charge in [-0.25, -0.2) is 4.98 Å². The zero-order valence-electron chi connectivity index (χ0n) is 10.0. The average Bonchev–Trinajstić information content (AvgIpc) is 2.97. The molecule has 2 N–H and O–H groups in total. The van der Waals surface area contributed by atoms with Crippen molar-refractivity contribution in [2.24, 2.45) is 0 Å². The van der Waals surface area contributed by atoms with Gasteiger partial charge in [0, 0.05) is 30.3 Å². The minimum Gasteiger partial charge on any atom is -0.423 e. The van der Waals surface area contributed by atoms with E-state index in [0.717, 1.165) is 0 Å². The highest BCUT2D eigenvalue weighted by atomic mass is 32.1. The van der Waals surface area contributed by atoms with Crippen molar-refractivity contribution in [1.29, 1.82) is 0 Å². The van der Waals surface area contributed by atoms with Crippen molar-refractivity contribution in [3.05, 3.63) is 29.8 Å². The van der Waals surface area contributed by atoms with Gasteiger partial charge in [0.25, 0.3) is 0 Å². The zero-order valence-corrected chi connectivity index (χ0v) is 10.8. The normalized spacial score (nSPS) is 10.6. The summed E-state index contributed by atoms with van der Waals surface area (Å²) in [6.45, 7) is 1.46. The Labute approximate surface area is 112 Å². The van der Waals surface area contributed by atoms with E-state index >= 15 is 0 Å². The van der Waals surface area contributed by atoms with Gasteiger partial charge in [-0.1, -0.05) is 0 Å². The van der Waals surface area contributed by atoms with Gasteiger partial charge in [0.05, 0.1) is 0 Å². The second-order valence-electron chi connectivity index (χ2n) is 3.84. The number of carbonyl (C=O) groups is 1. The zero-order chi connectivity index (χ0) is 13.2. The maximum Gasteiger partial charge on any atom is 0.302 e. The monoisotopic (exact) mass is 274 g/mol. The molecular weight excluding hydrogens is 264 g/mol. The van der Waals surface area contributed by atoms with E-state index in [9.17, 15) is 4.79 Å². The van der Waals surface area contributed by atoms with Crippen molar-refractivity contribution in [2.45, 2.75) is 6.92 Å². The van der Waals surface area contributed by atoms with Crippen molar-refractivity contribution in [3.63, 3.8) is 0 Å². The standard InChI is InChI=1S/C12H10N4O2S/c1-7(17)14-8-2-3-9-10(6-8)18-11(15-9)16-12-13-4-5-19-12/h2-6H,1H3,(H,14,17)(H,13,15,16). The molecule has 0 saturated carbocycles. The summed E-state index contributed by atoms with van der Waals surface area (Å²) in [6, 6.07) is 5.68. The molecule has 3 aromatic rings. The second kappa shape index (κ2) is 4.69. The Morgan fingerprint density at radius 2 is 2.32 bits per heavy atom. The van der Waals surface area contributed by atoms with Crippen LogP contribution in [0.4, 0.5) is 16.8 Å². The number of nitrogens with zero attached hydrogens (tertiary/aromatic N) is 2. The molecule has 0 spiro atoms. The molecule has 0 fully saturated rings. The van der Waals surface area contributed by atoms with Crippen LogP contribution in [0.1, 0.15) is 6.92 Å². The van der Waals surface area contributed by atoms with Crippen LogP contribution in [0.25, 0.3) is 11.1 Å². The number of benzene rings is 1. The second-order valence-corrected chi connectivity index (χ2v) is 4.74. The lowest BCUT2D eigenvalue weighted by Crippen LogP contribution is -2.05. The van der Waals surface area contributed by atoms with Crippen LogP contribution in [0.3, 0.4) is 0 Å². The van der Waals surface area contributed by atoms with E-state index in [0.29, 0.717) is 27.9 Å². The number of hydrogen-bond donors (Lipinski definition) is 2. The van der Waals surface area contributed by atoms with E-state index in [1.807, 2.05) is 5.38 Å². The third-order valence-corrected chi connectivity index (χ3v) is 3.04. The lowest BCUT2D eigenvalue weighted by atomic mass is 10.3. The summed E-state index contributed by atoms with van der Waals surface area (Å²) in [7, 11) is 0. The maximum atomic E-state index is 11.0. The molecule has 0 atom stereocenters. The molecule has 2 aromatic heterocycles. The van der Waals surface area contributed by atoms with Gasteiger partial charge in [0.1, 0.15) is 5.52 Å². The van der Waals surface area contributed by atoms with Crippen LogP contribution in [0.2, 0.25) is 0 Å². The molecule has 1 aromatic carbocycles. The maximum absolute atomic E-state index is 11.0. The molecule has 96 valence electrons. The first kappa shape index (κ1) is 11.7. The predicted octanol–water partition coefficient (Wildman–Crippen LogP) is 2.99. The Kier molecular flexibility index (Phi) is 2.88. The molecule has 0 aliphatic rings. The smallest absolute Gasteiger partial charge is 0.302 e. The van der Waals surface area contributed by atoms with E-state index in [-0.39, 0.29) is 5.91 Å². The van der Waals surface area contributed by atoms with E-state index in [2.05, 4.69) is 20.6 Å². The van der Waals surface area contributed by atoms with Crippen molar-refractivity contribution < 1.29 is 9.21 Å². The summed E-state index contributed by atoms with van der Waals surface area (Å²) in [5.74, 6) is -0.125. The fraction of sp³-hybridized carbons (Fsp3) is 0.0833. The van der Waals surface area contributed by atoms with Crippen LogP contribution in [-0.2, 0) is 4.79 Å². The third-order valence-electron chi connectivity index (χ3n) is 2.35. The SMILES string of the molecule is CC(=O)Nc1ccc2nc(Nc3nccs3)oc2c1. The van der Waals surface area contributed by atoms with Crippen LogP contribution in [-0.4, -0.2) is 15.9 Å². The van der Waals surface area contributed by atoms with Gasteiger partial charge in [-0.05, 0) is 12.1 Å². The lowest BCUT2D eigenvalue weighted by molar-refractivity contribution is -0.114. The Morgan fingerprint density at radius 3 is 3.05 bits per heavy atom. The number of aromatic nitrogens is 2. The minimum absolute atomic E-state index is 0.125. The highest BCUT2D eigenvalue weighted by molar-refractivity contribution is 7.13. The van der Waals surface area contributed by atoms with Gasteiger partial charge in [-0.2, -0.15) is 4.98 Å².